The summed E-state index contributed by atoms with van der Waals surface area (Å²) in [5.74, 6) is 1.39. The van der Waals surface area contributed by atoms with E-state index in [1.807, 2.05) is 29.5 Å². The van der Waals surface area contributed by atoms with E-state index in [-0.39, 0.29) is 11.8 Å². The number of thiazole rings is 1. The van der Waals surface area contributed by atoms with Crippen molar-refractivity contribution in [1.82, 2.24) is 9.88 Å². The minimum atomic E-state index is 0.218. The number of nitrogens with zero attached hydrogens (tertiary/aromatic N) is 2. The molecule has 4 nitrogen and oxygen atoms in total. The first kappa shape index (κ1) is 17.9. The molecule has 1 fully saturated rings. The predicted octanol–water partition coefficient (Wildman–Crippen LogP) is 4.49. The molecule has 0 atom stereocenters. The molecule has 1 saturated carbocycles. The first-order valence-electron chi connectivity index (χ1n) is 8.92. The average Bonchev–Trinajstić information content (AvgIpc) is 3.27. The van der Waals surface area contributed by atoms with Crippen LogP contribution in [0.2, 0.25) is 0 Å². The van der Waals surface area contributed by atoms with Crippen molar-refractivity contribution >= 4 is 17.2 Å². The van der Waals surface area contributed by atoms with Crippen LogP contribution in [0.25, 0.3) is 0 Å². The van der Waals surface area contributed by atoms with Crippen LogP contribution in [0.4, 0.5) is 0 Å². The van der Waals surface area contributed by atoms with Gasteiger partial charge in [0.25, 0.3) is 0 Å². The van der Waals surface area contributed by atoms with Crippen LogP contribution < -0.4 is 4.74 Å². The molecule has 25 heavy (non-hydrogen) atoms. The van der Waals surface area contributed by atoms with Gasteiger partial charge in [0.05, 0.1) is 12.2 Å². The van der Waals surface area contributed by atoms with E-state index in [4.69, 9.17) is 4.74 Å². The molecule has 0 spiro atoms. The number of ether oxygens (including phenoxy) is 1. The molecule has 1 aromatic heterocycles. The number of amides is 1. The van der Waals surface area contributed by atoms with E-state index in [1.54, 1.807) is 11.3 Å². The molecule has 0 saturated heterocycles. The zero-order valence-corrected chi connectivity index (χ0v) is 16.1. The van der Waals surface area contributed by atoms with Crippen molar-refractivity contribution in [3.05, 3.63) is 45.4 Å². The largest absolute Gasteiger partial charge is 0.486 e. The van der Waals surface area contributed by atoms with Gasteiger partial charge in [-0.25, -0.2) is 4.98 Å². The van der Waals surface area contributed by atoms with Crippen molar-refractivity contribution in [3.8, 4) is 5.75 Å². The number of benzene rings is 1. The van der Waals surface area contributed by atoms with Crippen LogP contribution >= 0.6 is 11.3 Å². The fourth-order valence-corrected chi connectivity index (χ4v) is 4.01. The summed E-state index contributed by atoms with van der Waals surface area (Å²) in [5.41, 5.74) is 3.34. The quantitative estimate of drug-likeness (QED) is 0.764. The lowest BCUT2D eigenvalue weighted by molar-refractivity contribution is -0.134. The lowest BCUT2D eigenvalue weighted by Gasteiger charge is -2.19. The monoisotopic (exact) mass is 358 g/mol. The molecule has 1 aliphatic carbocycles. The van der Waals surface area contributed by atoms with Gasteiger partial charge in [-0.3, -0.25) is 4.79 Å². The molecule has 1 amide bonds. The van der Waals surface area contributed by atoms with Crippen molar-refractivity contribution in [3.63, 3.8) is 0 Å². The Kier molecular flexibility index (Phi) is 5.74. The Morgan fingerprint density at radius 3 is 2.84 bits per heavy atom. The van der Waals surface area contributed by atoms with Crippen molar-refractivity contribution < 1.29 is 9.53 Å². The third-order valence-corrected chi connectivity index (χ3v) is 5.86. The average molecular weight is 359 g/mol. The Morgan fingerprint density at radius 2 is 2.08 bits per heavy atom. The van der Waals surface area contributed by atoms with Gasteiger partial charge in [-0.2, -0.15) is 0 Å². The van der Waals surface area contributed by atoms with Crippen LogP contribution in [0.1, 0.15) is 47.5 Å². The zero-order valence-electron chi connectivity index (χ0n) is 15.2. The summed E-state index contributed by atoms with van der Waals surface area (Å²) in [7, 11) is 1.88. The first-order valence-corrected chi connectivity index (χ1v) is 9.80. The van der Waals surface area contributed by atoms with Crippen molar-refractivity contribution in [2.75, 3.05) is 7.05 Å². The third-order valence-electron chi connectivity index (χ3n) is 4.99. The normalized spacial score (nSPS) is 14.7. The van der Waals surface area contributed by atoms with E-state index in [0.717, 1.165) is 29.3 Å². The topological polar surface area (TPSA) is 42.4 Å². The molecular weight excluding hydrogens is 332 g/mol. The highest BCUT2D eigenvalue weighted by Gasteiger charge is 2.25. The molecule has 2 aromatic rings. The maximum atomic E-state index is 12.4. The van der Waals surface area contributed by atoms with Crippen LogP contribution in [0.15, 0.2) is 23.6 Å². The number of aryl methyl sites for hydroxylation is 1. The van der Waals surface area contributed by atoms with Gasteiger partial charge in [0.1, 0.15) is 17.4 Å². The maximum Gasteiger partial charge on any atom is 0.225 e. The summed E-state index contributed by atoms with van der Waals surface area (Å²) in [6.45, 7) is 5.20. The van der Waals surface area contributed by atoms with Gasteiger partial charge < -0.3 is 9.64 Å². The van der Waals surface area contributed by atoms with E-state index in [2.05, 4.69) is 24.9 Å². The Morgan fingerprint density at radius 1 is 1.32 bits per heavy atom. The van der Waals surface area contributed by atoms with Gasteiger partial charge in [-0.1, -0.05) is 25.0 Å². The molecule has 0 radical (unpaired) electrons. The number of rotatable bonds is 6. The summed E-state index contributed by atoms with van der Waals surface area (Å²) in [6, 6.07) is 6.08. The fourth-order valence-electron chi connectivity index (χ4n) is 3.31. The van der Waals surface area contributed by atoms with E-state index < -0.39 is 0 Å². The van der Waals surface area contributed by atoms with Gasteiger partial charge in [-0.15, -0.1) is 11.3 Å². The number of carbonyl (C=O) groups is 1. The Hall–Kier alpha value is -1.88. The summed E-state index contributed by atoms with van der Waals surface area (Å²) in [6.07, 6.45) is 4.44. The standard InChI is InChI=1S/C20H26N2O2S/c1-14-7-6-10-18(15(14)2)24-12-19-21-17(13-25-19)11-22(3)20(23)16-8-4-5-9-16/h6-7,10,13,16H,4-5,8-9,11-12H2,1-3H3. The minimum Gasteiger partial charge on any atom is -0.486 e. The number of hydrogen-bond acceptors (Lipinski definition) is 4. The second-order valence-electron chi connectivity index (χ2n) is 6.89. The first-order chi connectivity index (χ1) is 12.0. The van der Waals surface area contributed by atoms with Crippen LogP contribution in [-0.4, -0.2) is 22.8 Å². The van der Waals surface area contributed by atoms with E-state index in [9.17, 15) is 4.79 Å². The minimum absolute atomic E-state index is 0.218. The van der Waals surface area contributed by atoms with Gasteiger partial charge in [0, 0.05) is 18.3 Å². The van der Waals surface area contributed by atoms with Crippen molar-refractivity contribution in [2.24, 2.45) is 5.92 Å². The molecule has 0 aliphatic heterocycles. The lowest BCUT2D eigenvalue weighted by Crippen LogP contribution is -2.31. The molecule has 0 bridgehead atoms. The van der Waals surface area contributed by atoms with Crippen LogP contribution in [0.5, 0.6) is 5.75 Å². The lowest BCUT2D eigenvalue weighted by atomic mass is 10.1. The highest BCUT2D eigenvalue weighted by Crippen LogP contribution is 2.27. The second kappa shape index (κ2) is 8.00. The molecule has 1 aliphatic rings. The van der Waals surface area contributed by atoms with Crippen LogP contribution in [0, 0.1) is 19.8 Å². The molecule has 0 unspecified atom stereocenters. The summed E-state index contributed by atoms with van der Waals surface area (Å²) >= 11 is 1.59. The molecule has 1 heterocycles. The van der Waals surface area contributed by atoms with Crippen LogP contribution in [-0.2, 0) is 17.9 Å². The fraction of sp³-hybridized carbons (Fsp3) is 0.500. The van der Waals surface area contributed by atoms with Gasteiger partial charge >= 0.3 is 0 Å². The van der Waals surface area contributed by atoms with Gasteiger partial charge in [0.15, 0.2) is 0 Å². The van der Waals surface area contributed by atoms with Crippen molar-refractivity contribution in [2.45, 2.75) is 52.7 Å². The molecular formula is C20H26N2O2S. The third kappa shape index (κ3) is 4.40. The second-order valence-corrected chi connectivity index (χ2v) is 7.84. The van der Waals surface area contributed by atoms with E-state index in [0.29, 0.717) is 13.2 Å². The van der Waals surface area contributed by atoms with Crippen LogP contribution in [0.3, 0.4) is 0 Å². The summed E-state index contributed by atoms with van der Waals surface area (Å²) in [4.78, 5) is 18.9. The molecule has 3 rings (SSSR count). The SMILES string of the molecule is Cc1cccc(OCc2nc(CN(C)C(=O)C3CCCC3)cs2)c1C. The molecule has 134 valence electrons. The Labute approximate surface area is 153 Å². The molecule has 0 N–H and O–H groups in total. The zero-order chi connectivity index (χ0) is 17.8. The Balaban J connectivity index is 1.55. The highest BCUT2D eigenvalue weighted by atomic mass is 32.1. The van der Waals surface area contributed by atoms with E-state index in [1.165, 1.54) is 24.0 Å². The van der Waals surface area contributed by atoms with Gasteiger partial charge in [0.2, 0.25) is 5.91 Å². The Bertz CT molecular complexity index is 735. The summed E-state index contributed by atoms with van der Waals surface area (Å²) < 4.78 is 5.92. The number of carbonyl (C=O) groups excluding carboxylic acids is 1. The number of hydrogen-bond donors (Lipinski definition) is 0. The molecule has 5 heteroatoms. The smallest absolute Gasteiger partial charge is 0.225 e. The molecule has 1 aromatic carbocycles. The maximum absolute atomic E-state index is 12.4. The predicted molar refractivity (Wildman–Crippen MR) is 101 cm³/mol. The highest BCUT2D eigenvalue weighted by molar-refractivity contribution is 7.09. The van der Waals surface area contributed by atoms with Gasteiger partial charge in [-0.05, 0) is 43.9 Å². The summed E-state index contributed by atoms with van der Waals surface area (Å²) in [5, 5.41) is 2.97. The van der Waals surface area contributed by atoms with Crippen molar-refractivity contribution in [1.29, 1.82) is 0 Å². The number of aromatic nitrogens is 1. The van der Waals surface area contributed by atoms with E-state index >= 15 is 0 Å².